The molecule has 128 valence electrons. The normalized spacial score (nSPS) is 12.0. The Labute approximate surface area is 152 Å². The summed E-state index contributed by atoms with van der Waals surface area (Å²) in [5, 5.41) is 3.89. The van der Waals surface area contributed by atoms with E-state index in [2.05, 4.69) is 5.32 Å². The summed E-state index contributed by atoms with van der Waals surface area (Å²) in [6.45, 7) is 0.579. The highest BCUT2D eigenvalue weighted by atomic mass is 35.5. The second-order valence-electron chi connectivity index (χ2n) is 5.66. The zero-order valence-electron chi connectivity index (χ0n) is 13.6. The minimum Gasteiger partial charge on any atom is -0.482 e. The van der Waals surface area contributed by atoms with Gasteiger partial charge in [-0.2, -0.15) is 0 Å². The smallest absolute Gasteiger partial charge is 0.258 e. The molecule has 2 rings (SSSR count). The van der Waals surface area contributed by atoms with Gasteiger partial charge in [-0.1, -0.05) is 53.5 Å². The van der Waals surface area contributed by atoms with Crippen LogP contribution >= 0.6 is 23.2 Å². The van der Waals surface area contributed by atoms with Crippen LogP contribution in [-0.4, -0.2) is 38.1 Å². The Bertz CT molecular complexity index is 678. The molecule has 1 amide bonds. The number of rotatable bonds is 7. The molecule has 0 aromatic heterocycles. The maximum Gasteiger partial charge on any atom is 0.258 e. The van der Waals surface area contributed by atoms with Gasteiger partial charge >= 0.3 is 0 Å². The molecule has 2 aromatic carbocycles. The van der Waals surface area contributed by atoms with Gasteiger partial charge in [-0.3, -0.25) is 4.79 Å². The number of nitrogens with one attached hydrogen (secondary N) is 1. The summed E-state index contributed by atoms with van der Waals surface area (Å²) < 4.78 is 5.48. The predicted molar refractivity (Wildman–Crippen MR) is 97.8 cm³/mol. The molecule has 6 heteroatoms. The lowest BCUT2D eigenvalue weighted by Gasteiger charge is -2.23. The first-order valence-electron chi connectivity index (χ1n) is 7.52. The van der Waals surface area contributed by atoms with Crippen molar-refractivity contribution >= 4 is 29.1 Å². The number of nitrogens with zero attached hydrogens (tertiary/aromatic N) is 1. The average Bonchev–Trinajstić information content (AvgIpc) is 2.54. The first-order valence-corrected chi connectivity index (χ1v) is 8.28. The van der Waals surface area contributed by atoms with Gasteiger partial charge in [-0.05, 0) is 37.9 Å². The molecule has 0 aliphatic rings. The summed E-state index contributed by atoms with van der Waals surface area (Å²) in [6, 6.07) is 14.6. The highest BCUT2D eigenvalue weighted by Gasteiger charge is 2.16. The van der Waals surface area contributed by atoms with Crippen molar-refractivity contribution in [3.63, 3.8) is 0 Å². The molecule has 0 saturated carbocycles. The van der Waals surface area contributed by atoms with Crippen molar-refractivity contribution < 1.29 is 9.53 Å². The van der Waals surface area contributed by atoms with Gasteiger partial charge in [-0.15, -0.1) is 0 Å². The highest BCUT2D eigenvalue weighted by Crippen LogP contribution is 2.27. The molecule has 24 heavy (non-hydrogen) atoms. The van der Waals surface area contributed by atoms with Crippen molar-refractivity contribution in [2.45, 2.75) is 6.04 Å². The van der Waals surface area contributed by atoms with Crippen LogP contribution in [0.4, 0.5) is 0 Å². The lowest BCUT2D eigenvalue weighted by molar-refractivity contribution is -0.123. The summed E-state index contributed by atoms with van der Waals surface area (Å²) in [5.41, 5.74) is 1.05. The van der Waals surface area contributed by atoms with Gasteiger partial charge in [0.1, 0.15) is 5.75 Å². The van der Waals surface area contributed by atoms with Crippen molar-refractivity contribution in [2.24, 2.45) is 0 Å². The van der Waals surface area contributed by atoms with Crippen molar-refractivity contribution in [2.75, 3.05) is 27.2 Å². The Morgan fingerprint density at radius 2 is 1.88 bits per heavy atom. The van der Waals surface area contributed by atoms with Crippen molar-refractivity contribution in [3.05, 3.63) is 64.1 Å². The van der Waals surface area contributed by atoms with Gasteiger partial charge in [-0.25, -0.2) is 0 Å². The molecule has 1 N–H and O–H groups in total. The summed E-state index contributed by atoms with van der Waals surface area (Å²) in [7, 11) is 3.93. The van der Waals surface area contributed by atoms with E-state index in [0.717, 1.165) is 5.56 Å². The summed E-state index contributed by atoms with van der Waals surface area (Å²) >= 11 is 11.9. The Hall–Kier alpha value is -1.75. The summed E-state index contributed by atoms with van der Waals surface area (Å²) in [6.07, 6.45) is 0. The van der Waals surface area contributed by atoms with Crippen molar-refractivity contribution in [1.82, 2.24) is 10.2 Å². The number of amides is 1. The van der Waals surface area contributed by atoms with E-state index in [1.165, 1.54) is 0 Å². The van der Waals surface area contributed by atoms with E-state index in [1.54, 1.807) is 18.2 Å². The molecule has 2 aromatic rings. The Kier molecular flexibility index (Phi) is 6.91. The zero-order valence-corrected chi connectivity index (χ0v) is 15.1. The molecular weight excluding hydrogens is 347 g/mol. The third kappa shape index (κ3) is 5.71. The Balaban J connectivity index is 1.97. The minimum absolute atomic E-state index is 0.113. The second kappa shape index (κ2) is 8.92. The lowest BCUT2D eigenvalue weighted by Crippen LogP contribution is -2.37. The molecule has 0 fully saturated rings. The van der Waals surface area contributed by atoms with Crippen molar-refractivity contribution in [1.29, 1.82) is 0 Å². The number of benzene rings is 2. The van der Waals surface area contributed by atoms with Gasteiger partial charge < -0.3 is 15.0 Å². The Morgan fingerprint density at radius 1 is 1.17 bits per heavy atom. The highest BCUT2D eigenvalue weighted by molar-refractivity contribution is 6.35. The largest absolute Gasteiger partial charge is 0.482 e. The minimum atomic E-state index is -0.211. The Morgan fingerprint density at radius 3 is 2.50 bits per heavy atom. The molecule has 0 aliphatic heterocycles. The van der Waals surface area contributed by atoms with Gasteiger partial charge in [0.05, 0.1) is 11.1 Å². The molecule has 0 heterocycles. The molecule has 0 spiro atoms. The van der Waals surface area contributed by atoms with Gasteiger partial charge in [0.25, 0.3) is 5.91 Å². The fourth-order valence-electron chi connectivity index (χ4n) is 2.26. The fourth-order valence-corrected chi connectivity index (χ4v) is 2.72. The van der Waals surface area contributed by atoms with Crippen LogP contribution in [-0.2, 0) is 4.79 Å². The number of hydrogen-bond donors (Lipinski definition) is 1. The number of likely N-dealkylation sites (N-methyl/N-ethyl adjacent to an activating group) is 1. The maximum absolute atomic E-state index is 12.2. The molecule has 1 atom stereocenters. The van der Waals surface area contributed by atoms with Crippen LogP contribution in [0.25, 0.3) is 0 Å². The predicted octanol–water partition coefficient (Wildman–Crippen LogP) is 3.79. The molecule has 0 saturated heterocycles. The third-order valence-corrected chi connectivity index (χ3v) is 3.87. The van der Waals surface area contributed by atoms with Gasteiger partial charge in [0.15, 0.2) is 6.61 Å². The van der Waals surface area contributed by atoms with Gasteiger partial charge in [0, 0.05) is 11.6 Å². The summed E-state index contributed by atoms with van der Waals surface area (Å²) in [5.74, 6) is 0.219. The van der Waals surface area contributed by atoms with Crippen LogP contribution < -0.4 is 10.1 Å². The van der Waals surface area contributed by atoms with Crippen LogP contribution in [0.1, 0.15) is 11.6 Å². The number of hydrogen-bond acceptors (Lipinski definition) is 3. The SMILES string of the molecule is CN(C)C[C@@H](NC(=O)COc1ccc(Cl)cc1Cl)c1ccccc1. The van der Waals surface area contributed by atoms with E-state index in [0.29, 0.717) is 22.3 Å². The zero-order chi connectivity index (χ0) is 17.5. The van der Waals surface area contributed by atoms with Crippen LogP contribution in [0.5, 0.6) is 5.75 Å². The number of carbonyl (C=O) groups excluding carboxylic acids is 1. The quantitative estimate of drug-likeness (QED) is 0.810. The van der Waals surface area contributed by atoms with E-state index in [1.807, 2.05) is 49.3 Å². The molecule has 4 nitrogen and oxygen atoms in total. The molecule has 0 radical (unpaired) electrons. The van der Waals surface area contributed by atoms with E-state index in [-0.39, 0.29) is 18.6 Å². The number of halogens is 2. The van der Waals surface area contributed by atoms with E-state index < -0.39 is 0 Å². The molecule has 0 bridgehead atoms. The molecule has 0 unspecified atom stereocenters. The third-order valence-electron chi connectivity index (χ3n) is 3.34. The van der Waals surface area contributed by atoms with Crippen LogP contribution in [0.15, 0.2) is 48.5 Å². The maximum atomic E-state index is 12.2. The topological polar surface area (TPSA) is 41.6 Å². The van der Waals surface area contributed by atoms with Crippen molar-refractivity contribution in [3.8, 4) is 5.75 Å². The number of carbonyl (C=O) groups is 1. The molecular formula is C18H20Cl2N2O2. The first kappa shape index (κ1) is 18.6. The van der Waals surface area contributed by atoms with Crippen LogP contribution in [0, 0.1) is 0 Å². The second-order valence-corrected chi connectivity index (χ2v) is 6.50. The van der Waals surface area contributed by atoms with E-state index in [9.17, 15) is 4.79 Å². The first-order chi connectivity index (χ1) is 11.5. The standard InChI is InChI=1S/C18H20Cl2N2O2/c1-22(2)11-16(13-6-4-3-5-7-13)21-18(23)12-24-17-9-8-14(19)10-15(17)20/h3-10,16H,11-12H2,1-2H3,(H,21,23)/t16-/m1/s1. The number of ether oxygens (including phenoxy) is 1. The van der Waals surface area contributed by atoms with Crippen LogP contribution in [0.2, 0.25) is 10.0 Å². The van der Waals surface area contributed by atoms with E-state index in [4.69, 9.17) is 27.9 Å². The fraction of sp³-hybridized carbons (Fsp3) is 0.278. The van der Waals surface area contributed by atoms with Crippen LogP contribution in [0.3, 0.4) is 0 Å². The lowest BCUT2D eigenvalue weighted by atomic mass is 10.1. The summed E-state index contributed by atoms with van der Waals surface area (Å²) in [4.78, 5) is 14.3. The molecule has 0 aliphatic carbocycles. The monoisotopic (exact) mass is 366 g/mol. The average molecular weight is 367 g/mol. The van der Waals surface area contributed by atoms with Gasteiger partial charge in [0.2, 0.25) is 0 Å². The van der Waals surface area contributed by atoms with E-state index >= 15 is 0 Å².